The van der Waals surface area contributed by atoms with Crippen molar-refractivity contribution in [2.45, 2.75) is 20.3 Å². The molecule has 0 radical (unpaired) electrons. The van der Waals surface area contributed by atoms with Crippen molar-refractivity contribution in [2.24, 2.45) is 0 Å². The lowest BCUT2D eigenvalue weighted by Gasteiger charge is -2.05. The Morgan fingerprint density at radius 3 is 2.68 bits per heavy atom. The molecule has 0 aliphatic carbocycles. The van der Waals surface area contributed by atoms with E-state index in [-0.39, 0.29) is 12.2 Å². The maximum Gasteiger partial charge on any atom is 0.307 e. The first kappa shape index (κ1) is 14.3. The smallest absolute Gasteiger partial charge is 0.307 e. The third kappa shape index (κ3) is 2.48. The summed E-state index contributed by atoms with van der Waals surface area (Å²) in [7, 11) is 0. The van der Waals surface area contributed by atoms with Crippen molar-refractivity contribution < 1.29 is 14.3 Å². The van der Waals surface area contributed by atoms with Crippen LogP contribution in [0.25, 0.3) is 22.2 Å². The van der Waals surface area contributed by atoms with Gasteiger partial charge in [-0.15, -0.1) is 0 Å². The van der Waals surface area contributed by atoms with Crippen LogP contribution in [0.1, 0.15) is 16.7 Å². The van der Waals surface area contributed by atoms with Crippen LogP contribution in [-0.4, -0.2) is 16.1 Å². The Kier molecular flexibility index (Phi) is 3.45. The van der Waals surface area contributed by atoms with Crippen molar-refractivity contribution in [3.63, 3.8) is 0 Å². The zero-order chi connectivity index (χ0) is 15.9. The van der Waals surface area contributed by atoms with E-state index in [1.54, 1.807) is 12.1 Å². The van der Waals surface area contributed by atoms with Gasteiger partial charge in [0.2, 0.25) is 0 Å². The molecule has 3 aromatic rings. The number of aromatic nitrogens is 1. The third-order valence-electron chi connectivity index (χ3n) is 3.78. The van der Waals surface area contributed by atoms with Gasteiger partial charge in [-0.2, -0.15) is 0 Å². The van der Waals surface area contributed by atoms with Crippen LogP contribution in [0.15, 0.2) is 36.4 Å². The normalized spacial score (nSPS) is 11.0. The second-order valence-corrected chi connectivity index (χ2v) is 5.56. The number of aromatic amines is 1. The zero-order valence-corrected chi connectivity index (χ0v) is 12.4. The van der Waals surface area contributed by atoms with E-state index in [0.717, 1.165) is 22.0 Å². The van der Waals surface area contributed by atoms with Crippen LogP contribution in [0.5, 0.6) is 0 Å². The summed E-state index contributed by atoms with van der Waals surface area (Å²) in [6, 6.07) is 10.2. The van der Waals surface area contributed by atoms with E-state index in [9.17, 15) is 14.3 Å². The van der Waals surface area contributed by atoms with Crippen LogP contribution in [0, 0.1) is 19.7 Å². The molecular formula is C18H16FNO2. The van der Waals surface area contributed by atoms with E-state index >= 15 is 0 Å². The van der Waals surface area contributed by atoms with Gasteiger partial charge in [0, 0.05) is 16.5 Å². The molecule has 0 atom stereocenters. The molecule has 3 nitrogen and oxygen atoms in total. The summed E-state index contributed by atoms with van der Waals surface area (Å²) >= 11 is 0. The molecule has 0 bridgehead atoms. The largest absolute Gasteiger partial charge is 0.481 e. The molecular weight excluding hydrogens is 281 g/mol. The van der Waals surface area contributed by atoms with Gasteiger partial charge in [0.05, 0.1) is 12.1 Å². The van der Waals surface area contributed by atoms with Crippen molar-refractivity contribution in [1.29, 1.82) is 0 Å². The first-order valence-electron chi connectivity index (χ1n) is 7.05. The molecule has 0 unspecified atom stereocenters. The van der Waals surface area contributed by atoms with Crippen LogP contribution in [0.4, 0.5) is 4.39 Å². The molecule has 1 heterocycles. The van der Waals surface area contributed by atoms with Crippen molar-refractivity contribution in [3.8, 4) is 11.3 Å². The Morgan fingerprint density at radius 1 is 1.23 bits per heavy atom. The Hall–Kier alpha value is -2.62. The molecule has 2 N–H and O–H groups in total. The number of fused-ring (bicyclic) bond motifs is 1. The number of rotatable bonds is 3. The summed E-state index contributed by atoms with van der Waals surface area (Å²) in [4.78, 5) is 14.5. The fraction of sp³-hybridized carbons (Fsp3) is 0.167. The van der Waals surface area contributed by atoms with Gasteiger partial charge >= 0.3 is 5.97 Å². The highest BCUT2D eigenvalue weighted by Gasteiger charge is 2.18. The van der Waals surface area contributed by atoms with Crippen LogP contribution >= 0.6 is 0 Å². The van der Waals surface area contributed by atoms with Gasteiger partial charge in [-0.25, -0.2) is 4.39 Å². The fourth-order valence-corrected chi connectivity index (χ4v) is 3.02. The number of hydrogen-bond acceptors (Lipinski definition) is 1. The fourth-order valence-electron chi connectivity index (χ4n) is 3.02. The van der Waals surface area contributed by atoms with Gasteiger partial charge in [-0.05, 0) is 48.7 Å². The Labute approximate surface area is 127 Å². The first-order chi connectivity index (χ1) is 10.5. The minimum Gasteiger partial charge on any atom is -0.481 e. The third-order valence-corrected chi connectivity index (χ3v) is 3.78. The Morgan fingerprint density at radius 2 is 2.00 bits per heavy atom. The van der Waals surface area contributed by atoms with E-state index in [1.165, 1.54) is 12.1 Å². The summed E-state index contributed by atoms with van der Waals surface area (Å²) in [5, 5.41) is 10.1. The monoisotopic (exact) mass is 297 g/mol. The molecule has 0 aliphatic rings. The highest BCUT2D eigenvalue weighted by atomic mass is 19.1. The summed E-state index contributed by atoms with van der Waals surface area (Å²) in [5.74, 6) is -1.25. The van der Waals surface area contributed by atoms with E-state index in [2.05, 4.69) is 4.98 Å². The van der Waals surface area contributed by atoms with E-state index in [0.29, 0.717) is 16.8 Å². The molecule has 4 heteroatoms. The molecule has 2 aromatic carbocycles. The van der Waals surface area contributed by atoms with Gasteiger partial charge in [0.25, 0.3) is 0 Å². The average molecular weight is 297 g/mol. The molecule has 0 spiro atoms. The molecule has 1 aromatic heterocycles. The van der Waals surface area contributed by atoms with Crippen molar-refractivity contribution in [1.82, 2.24) is 4.98 Å². The van der Waals surface area contributed by atoms with Crippen LogP contribution in [0.2, 0.25) is 0 Å². The van der Waals surface area contributed by atoms with E-state index in [4.69, 9.17) is 0 Å². The maximum absolute atomic E-state index is 13.5. The number of carbonyl (C=O) groups is 1. The minimum absolute atomic E-state index is 0.101. The van der Waals surface area contributed by atoms with E-state index < -0.39 is 5.97 Å². The number of benzene rings is 2. The van der Waals surface area contributed by atoms with Crippen LogP contribution in [-0.2, 0) is 11.2 Å². The second kappa shape index (κ2) is 5.30. The van der Waals surface area contributed by atoms with Gasteiger partial charge in [-0.3, -0.25) is 4.79 Å². The van der Waals surface area contributed by atoms with Crippen molar-refractivity contribution in [2.75, 3.05) is 0 Å². The summed E-state index contributed by atoms with van der Waals surface area (Å²) in [6.45, 7) is 3.95. The lowest BCUT2D eigenvalue weighted by molar-refractivity contribution is -0.136. The molecule has 0 saturated heterocycles. The number of hydrogen-bond donors (Lipinski definition) is 2. The molecule has 112 valence electrons. The number of carboxylic acids is 1. The van der Waals surface area contributed by atoms with Gasteiger partial charge in [-0.1, -0.05) is 18.2 Å². The minimum atomic E-state index is -0.904. The standard InChI is InChI=1S/C18H16FNO2/c1-10-6-11(2)17-14(9-16(21)22)18(20-15(17)7-10)12-4-3-5-13(19)8-12/h3-8,20H,9H2,1-2H3,(H,21,22). The summed E-state index contributed by atoms with van der Waals surface area (Å²) < 4.78 is 13.5. The zero-order valence-electron chi connectivity index (χ0n) is 12.4. The van der Waals surface area contributed by atoms with Crippen LogP contribution < -0.4 is 0 Å². The van der Waals surface area contributed by atoms with Gasteiger partial charge < -0.3 is 10.1 Å². The molecule has 0 fully saturated rings. The number of H-pyrrole nitrogens is 1. The topological polar surface area (TPSA) is 53.1 Å². The number of carboxylic acid groups (broad SMARTS) is 1. The lowest BCUT2D eigenvalue weighted by Crippen LogP contribution is -2.01. The molecule has 0 amide bonds. The summed E-state index contributed by atoms with van der Waals surface area (Å²) in [6.07, 6.45) is -0.101. The molecule has 0 saturated carbocycles. The molecule has 22 heavy (non-hydrogen) atoms. The predicted octanol–water partition coefficient (Wildman–Crippen LogP) is 4.22. The molecule has 0 aliphatic heterocycles. The highest BCUT2D eigenvalue weighted by Crippen LogP contribution is 2.33. The maximum atomic E-state index is 13.5. The van der Waals surface area contributed by atoms with E-state index in [1.807, 2.05) is 26.0 Å². The first-order valence-corrected chi connectivity index (χ1v) is 7.05. The number of nitrogens with one attached hydrogen (secondary N) is 1. The SMILES string of the molecule is Cc1cc(C)c2c(CC(=O)O)c(-c3cccc(F)c3)[nH]c2c1. The highest BCUT2D eigenvalue weighted by molar-refractivity contribution is 5.96. The predicted molar refractivity (Wildman–Crippen MR) is 84.5 cm³/mol. The number of aryl methyl sites for hydroxylation is 2. The number of halogens is 1. The second-order valence-electron chi connectivity index (χ2n) is 5.56. The Bertz CT molecular complexity index is 880. The van der Waals surface area contributed by atoms with Crippen LogP contribution in [0.3, 0.4) is 0 Å². The Balaban J connectivity index is 2.33. The lowest BCUT2D eigenvalue weighted by atomic mass is 9.99. The van der Waals surface area contributed by atoms with Crippen molar-refractivity contribution in [3.05, 3.63) is 58.9 Å². The van der Waals surface area contributed by atoms with Gasteiger partial charge in [0.1, 0.15) is 5.82 Å². The quantitative estimate of drug-likeness (QED) is 0.760. The van der Waals surface area contributed by atoms with Gasteiger partial charge in [0.15, 0.2) is 0 Å². The average Bonchev–Trinajstić information content (AvgIpc) is 2.76. The van der Waals surface area contributed by atoms with Crippen molar-refractivity contribution >= 4 is 16.9 Å². The summed E-state index contributed by atoms with van der Waals surface area (Å²) in [5.41, 5.74) is 5.03. The number of aliphatic carboxylic acids is 1. The molecule has 3 rings (SSSR count).